The van der Waals surface area contributed by atoms with E-state index in [1.807, 2.05) is 6.07 Å². The molecule has 0 amide bonds. The van der Waals surface area contributed by atoms with Crippen LogP contribution in [0.2, 0.25) is 0 Å². The molecule has 2 heterocycles. The summed E-state index contributed by atoms with van der Waals surface area (Å²) in [5.74, 6) is -0.0221. The van der Waals surface area contributed by atoms with Crippen LogP contribution in [-0.2, 0) is 0 Å². The number of halogens is 3. The minimum Gasteiger partial charge on any atom is -0.406 e. The van der Waals surface area contributed by atoms with Gasteiger partial charge < -0.3 is 20.7 Å². The molecule has 0 aliphatic carbocycles. The predicted octanol–water partition coefficient (Wildman–Crippen LogP) is 2.55. The number of benzene rings is 1. The smallest absolute Gasteiger partial charge is 0.406 e. The molecule has 142 valence electrons. The molecule has 1 fully saturated rings. The Bertz CT molecular complexity index is 814. The third-order valence-electron chi connectivity index (χ3n) is 3.75. The summed E-state index contributed by atoms with van der Waals surface area (Å²) in [6.45, 7) is 1.76. The van der Waals surface area contributed by atoms with Crippen LogP contribution in [0.15, 0.2) is 24.3 Å². The highest BCUT2D eigenvalue weighted by Gasteiger charge is 2.30. The van der Waals surface area contributed by atoms with Crippen molar-refractivity contribution in [1.29, 1.82) is 5.26 Å². The van der Waals surface area contributed by atoms with Crippen LogP contribution in [0.4, 0.5) is 30.8 Å². The molecule has 0 radical (unpaired) electrons. The van der Waals surface area contributed by atoms with Crippen molar-refractivity contribution >= 4 is 17.6 Å². The molecular weight excluding hydrogens is 363 g/mol. The molecule has 11 heteroatoms. The minimum atomic E-state index is -4.75. The topological polar surface area (TPSA) is 108 Å². The van der Waals surface area contributed by atoms with Gasteiger partial charge in [-0.05, 0) is 50.2 Å². The molecule has 1 saturated heterocycles. The molecule has 8 nitrogen and oxygen atoms in total. The molecule has 1 aromatic carbocycles. The fraction of sp³-hybridized carbons (Fsp3) is 0.375. The van der Waals surface area contributed by atoms with Gasteiger partial charge >= 0.3 is 6.36 Å². The van der Waals surface area contributed by atoms with E-state index in [4.69, 9.17) is 5.26 Å². The van der Waals surface area contributed by atoms with E-state index < -0.39 is 6.36 Å². The molecule has 0 saturated carbocycles. The summed E-state index contributed by atoms with van der Waals surface area (Å²) in [4.78, 5) is 12.2. The number of nitriles is 1. The van der Waals surface area contributed by atoms with E-state index in [0.717, 1.165) is 38.1 Å². The van der Waals surface area contributed by atoms with Crippen LogP contribution in [0, 0.1) is 11.3 Å². The zero-order valence-corrected chi connectivity index (χ0v) is 14.0. The second kappa shape index (κ2) is 8.05. The number of nitrogens with one attached hydrogen (secondary N) is 3. The van der Waals surface area contributed by atoms with E-state index in [2.05, 4.69) is 35.6 Å². The fourth-order valence-corrected chi connectivity index (χ4v) is 2.56. The molecule has 0 atom stereocenters. The maximum Gasteiger partial charge on any atom is 0.573 e. The molecule has 3 rings (SSSR count). The number of alkyl halides is 3. The Morgan fingerprint density at radius 1 is 1.07 bits per heavy atom. The van der Waals surface area contributed by atoms with Gasteiger partial charge in [0.2, 0.25) is 17.7 Å². The third-order valence-corrected chi connectivity index (χ3v) is 3.75. The summed E-state index contributed by atoms with van der Waals surface area (Å²) in [5.41, 5.74) is 0.437. The lowest BCUT2D eigenvalue weighted by molar-refractivity contribution is -0.274. The summed E-state index contributed by atoms with van der Waals surface area (Å²) >= 11 is 0. The Balaban J connectivity index is 1.72. The maximum atomic E-state index is 12.2. The van der Waals surface area contributed by atoms with Gasteiger partial charge in [0.15, 0.2) is 0 Å². The lowest BCUT2D eigenvalue weighted by Crippen LogP contribution is -2.35. The standard InChI is InChI=1S/C16H16F3N7O/c17-16(18,19)27-12-3-1-10(2-4-12)22-14-24-13(9-20)25-15(26-14)23-11-5-7-21-8-6-11/h1-4,11,21H,5-8H2,(H2,22,23,24,25,26). The van der Waals surface area contributed by atoms with Crippen LogP contribution in [0.5, 0.6) is 5.75 Å². The first kappa shape index (κ1) is 18.7. The van der Waals surface area contributed by atoms with E-state index >= 15 is 0 Å². The van der Waals surface area contributed by atoms with E-state index in [9.17, 15) is 13.2 Å². The first-order valence-electron chi connectivity index (χ1n) is 8.17. The Hall–Kier alpha value is -3.13. The van der Waals surface area contributed by atoms with Gasteiger partial charge in [0.25, 0.3) is 0 Å². The van der Waals surface area contributed by atoms with Crippen LogP contribution in [0.3, 0.4) is 0 Å². The van der Waals surface area contributed by atoms with Crippen molar-refractivity contribution in [3.05, 3.63) is 30.1 Å². The van der Waals surface area contributed by atoms with Gasteiger partial charge in [-0.1, -0.05) is 0 Å². The molecule has 0 bridgehead atoms. The van der Waals surface area contributed by atoms with Gasteiger partial charge in [-0.2, -0.15) is 20.2 Å². The van der Waals surface area contributed by atoms with Crippen molar-refractivity contribution in [2.75, 3.05) is 23.7 Å². The molecule has 1 aromatic heterocycles. The molecule has 1 aliphatic heterocycles. The van der Waals surface area contributed by atoms with Crippen molar-refractivity contribution in [2.24, 2.45) is 0 Å². The van der Waals surface area contributed by atoms with E-state index in [1.165, 1.54) is 12.1 Å². The number of piperidine rings is 1. The van der Waals surface area contributed by atoms with E-state index in [0.29, 0.717) is 5.69 Å². The number of aromatic nitrogens is 3. The van der Waals surface area contributed by atoms with Crippen molar-refractivity contribution < 1.29 is 17.9 Å². The number of ether oxygens (including phenoxy) is 1. The summed E-state index contributed by atoms with van der Waals surface area (Å²) in [5, 5.41) is 18.4. The summed E-state index contributed by atoms with van der Waals surface area (Å²) in [6, 6.07) is 7.15. The zero-order chi connectivity index (χ0) is 19.3. The highest BCUT2D eigenvalue weighted by Crippen LogP contribution is 2.25. The summed E-state index contributed by atoms with van der Waals surface area (Å²) in [7, 11) is 0. The Labute approximate surface area is 152 Å². The maximum absolute atomic E-state index is 12.2. The number of hydrogen-bond acceptors (Lipinski definition) is 8. The van der Waals surface area contributed by atoms with Gasteiger partial charge in [-0.3, -0.25) is 0 Å². The zero-order valence-electron chi connectivity index (χ0n) is 14.0. The van der Waals surface area contributed by atoms with Crippen LogP contribution in [-0.4, -0.2) is 40.4 Å². The minimum absolute atomic E-state index is 0.0686. The molecular formula is C16H16F3N7O. The second-order valence-electron chi connectivity index (χ2n) is 5.78. The largest absolute Gasteiger partial charge is 0.573 e. The predicted molar refractivity (Wildman–Crippen MR) is 90.5 cm³/mol. The number of hydrogen-bond donors (Lipinski definition) is 3. The Kier molecular flexibility index (Phi) is 5.56. The van der Waals surface area contributed by atoms with Crippen LogP contribution in [0.25, 0.3) is 0 Å². The van der Waals surface area contributed by atoms with Gasteiger partial charge in [0.05, 0.1) is 0 Å². The van der Waals surface area contributed by atoms with Crippen LogP contribution < -0.4 is 20.7 Å². The second-order valence-corrected chi connectivity index (χ2v) is 5.78. The van der Waals surface area contributed by atoms with Crippen molar-refractivity contribution in [3.8, 4) is 11.8 Å². The van der Waals surface area contributed by atoms with E-state index in [1.54, 1.807) is 0 Å². The Morgan fingerprint density at radius 3 is 2.37 bits per heavy atom. The number of rotatable bonds is 5. The molecule has 3 N–H and O–H groups in total. The van der Waals surface area contributed by atoms with Crippen molar-refractivity contribution in [1.82, 2.24) is 20.3 Å². The fourth-order valence-electron chi connectivity index (χ4n) is 2.56. The molecule has 0 unspecified atom stereocenters. The molecule has 1 aliphatic rings. The average Bonchev–Trinajstić information content (AvgIpc) is 2.63. The monoisotopic (exact) mass is 379 g/mol. The van der Waals surface area contributed by atoms with Crippen LogP contribution in [0.1, 0.15) is 18.7 Å². The normalized spacial score (nSPS) is 15.0. The van der Waals surface area contributed by atoms with E-state index in [-0.39, 0.29) is 29.5 Å². The summed E-state index contributed by atoms with van der Waals surface area (Å²) < 4.78 is 40.4. The lowest BCUT2D eigenvalue weighted by atomic mass is 10.1. The van der Waals surface area contributed by atoms with Gasteiger partial charge in [-0.15, -0.1) is 13.2 Å². The SMILES string of the molecule is N#Cc1nc(Nc2ccc(OC(F)(F)F)cc2)nc(NC2CCNCC2)n1. The van der Waals surface area contributed by atoms with Gasteiger partial charge in [0.1, 0.15) is 11.8 Å². The summed E-state index contributed by atoms with van der Waals surface area (Å²) in [6.07, 6.45) is -2.95. The lowest BCUT2D eigenvalue weighted by Gasteiger charge is -2.23. The average molecular weight is 379 g/mol. The number of nitrogens with zero attached hydrogens (tertiary/aromatic N) is 4. The van der Waals surface area contributed by atoms with Gasteiger partial charge in [0, 0.05) is 11.7 Å². The molecule has 2 aromatic rings. The quantitative estimate of drug-likeness (QED) is 0.728. The van der Waals surface area contributed by atoms with Crippen molar-refractivity contribution in [3.63, 3.8) is 0 Å². The molecule has 0 spiro atoms. The van der Waals surface area contributed by atoms with Gasteiger partial charge in [-0.25, -0.2) is 0 Å². The third kappa shape index (κ3) is 5.68. The first-order chi connectivity index (χ1) is 12.9. The highest BCUT2D eigenvalue weighted by atomic mass is 19.4. The molecule has 27 heavy (non-hydrogen) atoms. The Morgan fingerprint density at radius 2 is 1.74 bits per heavy atom. The number of anilines is 3. The van der Waals surface area contributed by atoms with Crippen molar-refractivity contribution in [2.45, 2.75) is 25.2 Å². The first-order valence-corrected chi connectivity index (χ1v) is 8.17. The van der Waals surface area contributed by atoms with Crippen LogP contribution >= 0.6 is 0 Å². The highest BCUT2D eigenvalue weighted by molar-refractivity contribution is 5.55.